The zero-order valence-electron chi connectivity index (χ0n) is 14.6. The average Bonchev–Trinajstić information content (AvgIpc) is 3.07. The van der Waals surface area contributed by atoms with Crippen LogP contribution in [0.1, 0.15) is 23.4 Å². The normalized spacial score (nSPS) is 17.0. The Morgan fingerprint density at radius 2 is 2.00 bits per heavy atom. The van der Waals surface area contributed by atoms with Crippen molar-refractivity contribution in [2.75, 3.05) is 18.1 Å². The van der Waals surface area contributed by atoms with Gasteiger partial charge in [0.25, 0.3) is 0 Å². The van der Waals surface area contributed by atoms with Crippen LogP contribution in [0.4, 0.5) is 5.69 Å². The number of nitrogens with zero attached hydrogens (tertiary/aromatic N) is 3. The van der Waals surface area contributed by atoms with Crippen LogP contribution in [-0.4, -0.2) is 40.0 Å². The summed E-state index contributed by atoms with van der Waals surface area (Å²) < 4.78 is 1.84. The number of aromatic nitrogens is 2. The molecule has 0 radical (unpaired) electrons. The number of halogens is 1. The maximum absolute atomic E-state index is 12.3. The number of aliphatic hydroxyl groups is 1. The molecule has 6 nitrogen and oxygen atoms in total. The molecule has 1 fully saturated rings. The van der Waals surface area contributed by atoms with E-state index >= 15 is 0 Å². The molecule has 1 aliphatic heterocycles. The predicted molar refractivity (Wildman–Crippen MR) is 100 cm³/mol. The molecule has 1 aliphatic rings. The highest BCUT2D eigenvalue weighted by Crippen LogP contribution is 2.21. The molecule has 0 saturated carbocycles. The Morgan fingerprint density at radius 3 is 2.68 bits per heavy atom. The molecule has 2 N–H and O–H groups in total. The van der Waals surface area contributed by atoms with Gasteiger partial charge in [0, 0.05) is 42.5 Å². The number of hydrogen-bond donors (Lipinski definition) is 2. The number of amides is 1. The lowest BCUT2D eigenvalue weighted by Gasteiger charge is -2.17. The van der Waals surface area contributed by atoms with Crippen molar-refractivity contribution in [1.29, 1.82) is 0 Å². The number of hydrogen-bond acceptors (Lipinski definition) is 4. The van der Waals surface area contributed by atoms with E-state index < -0.39 is 0 Å². The van der Waals surface area contributed by atoms with E-state index in [1.165, 1.54) is 0 Å². The summed E-state index contributed by atoms with van der Waals surface area (Å²) >= 11 is 0. The van der Waals surface area contributed by atoms with Gasteiger partial charge < -0.3 is 15.3 Å². The molecule has 1 atom stereocenters. The van der Waals surface area contributed by atoms with Crippen LogP contribution in [0.3, 0.4) is 0 Å². The van der Waals surface area contributed by atoms with Gasteiger partial charge in [-0.3, -0.25) is 9.48 Å². The van der Waals surface area contributed by atoms with Gasteiger partial charge >= 0.3 is 0 Å². The molecular formula is C18H25ClN4O2. The minimum Gasteiger partial charge on any atom is -0.394 e. The van der Waals surface area contributed by atoms with Crippen molar-refractivity contribution in [3.05, 3.63) is 47.3 Å². The lowest BCUT2D eigenvalue weighted by atomic mass is 10.1. The van der Waals surface area contributed by atoms with Crippen LogP contribution in [0, 0.1) is 13.8 Å². The van der Waals surface area contributed by atoms with Gasteiger partial charge in [-0.25, -0.2) is 0 Å². The van der Waals surface area contributed by atoms with Gasteiger partial charge in [-0.05, 0) is 26.0 Å². The molecule has 2 aromatic rings. The van der Waals surface area contributed by atoms with Crippen molar-refractivity contribution in [3.8, 4) is 0 Å². The molecule has 1 unspecified atom stereocenters. The Labute approximate surface area is 154 Å². The van der Waals surface area contributed by atoms with Gasteiger partial charge in [-0.15, -0.1) is 12.4 Å². The third kappa shape index (κ3) is 4.21. The molecule has 0 spiro atoms. The Bertz CT molecular complexity index is 717. The van der Waals surface area contributed by atoms with Gasteiger partial charge in [0.2, 0.25) is 5.91 Å². The number of carbonyl (C=O) groups excluding carboxylic acids is 1. The number of carbonyl (C=O) groups is 1. The highest BCUT2D eigenvalue weighted by Gasteiger charge is 2.30. The summed E-state index contributed by atoms with van der Waals surface area (Å²) in [4.78, 5) is 14.1. The second kappa shape index (κ2) is 8.47. The van der Waals surface area contributed by atoms with Crippen molar-refractivity contribution in [2.45, 2.75) is 39.4 Å². The fraction of sp³-hybridized carbons (Fsp3) is 0.444. The van der Waals surface area contributed by atoms with E-state index in [0.717, 1.165) is 22.6 Å². The lowest BCUT2D eigenvalue weighted by Crippen LogP contribution is -2.32. The Morgan fingerprint density at radius 1 is 1.28 bits per heavy atom. The molecular weight excluding hydrogens is 340 g/mol. The molecule has 0 bridgehead atoms. The third-order valence-electron chi connectivity index (χ3n) is 4.60. The molecule has 7 heteroatoms. The number of rotatable bonds is 6. The van der Waals surface area contributed by atoms with Gasteiger partial charge in [0.05, 0.1) is 18.8 Å². The zero-order valence-corrected chi connectivity index (χ0v) is 15.4. The fourth-order valence-electron chi connectivity index (χ4n) is 3.25. The molecule has 0 aliphatic carbocycles. The Hall–Kier alpha value is -1.89. The Balaban J connectivity index is 0.00000225. The molecule has 1 aromatic carbocycles. The lowest BCUT2D eigenvalue weighted by molar-refractivity contribution is -0.117. The van der Waals surface area contributed by atoms with Crippen molar-refractivity contribution < 1.29 is 9.90 Å². The van der Waals surface area contributed by atoms with Gasteiger partial charge in [0.1, 0.15) is 0 Å². The highest BCUT2D eigenvalue weighted by molar-refractivity contribution is 5.96. The standard InChI is InChI=1S/C18H24N4O2.ClH/c1-13-17(14(2)22(20-13)8-9-23)11-19-15-10-18(24)21(12-15)16-6-4-3-5-7-16;/h3-7,15,19,23H,8-12H2,1-2H3;1H. The SMILES string of the molecule is Cc1nn(CCO)c(C)c1CNC1CC(=O)N(c2ccccc2)C1.Cl. The number of aliphatic hydroxyl groups excluding tert-OH is 1. The van der Waals surface area contributed by atoms with E-state index in [-0.39, 0.29) is 31.0 Å². The number of benzene rings is 1. The summed E-state index contributed by atoms with van der Waals surface area (Å²) in [6.45, 7) is 5.96. The summed E-state index contributed by atoms with van der Waals surface area (Å²) in [6.07, 6.45) is 0.512. The van der Waals surface area contributed by atoms with E-state index in [1.807, 2.05) is 53.8 Å². The molecule has 1 saturated heterocycles. The van der Waals surface area contributed by atoms with E-state index in [4.69, 9.17) is 5.11 Å². The molecule has 3 rings (SSSR count). The van der Waals surface area contributed by atoms with Crippen molar-refractivity contribution >= 4 is 24.0 Å². The molecule has 2 heterocycles. The second-order valence-electron chi connectivity index (χ2n) is 6.22. The average molecular weight is 365 g/mol. The van der Waals surface area contributed by atoms with Gasteiger partial charge in [0.15, 0.2) is 0 Å². The van der Waals surface area contributed by atoms with Crippen molar-refractivity contribution in [2.24, 2.45) is 0 Å². The van der Waals surface area contributed by atoms with Crippen LogP contribution < -0.4 is 10.2 Å². The highest BCUT2D eigenvalue weighted by atomic mass is 35.5. The predicted octanol–water partition coefficient (Wildman–Crippen LogP) is 1.81. The smallest absolute Gasteiger partial charge is 0.228 e. The largest absolute Gasteiger partial charge is 0.394 e. The van der Waals surface area contributed by atoms with Crippen LogP contribution in [0.15, 0.2) is 30.3 Å². The van der Waals surface area contributed by atoms with E-state index in [0.29, 0.717) is 26.1 Å². The van der Waals surface area contributed by atoms with Crippen LogP contribution in [0.25, 0.3) is 0 Å². The van der Waals surface area contributed by atoms with Gasteiger partial charge in [-0.2, -0.15) is 5.10 Å². The fourth-order valence-corrected chi connectivity index (χ4v) is 3.25. The summed E-state index contributed by atoms with van der Waals surface area (Å²) in [5, 5.41) is 17.0. The summed E-state index contributed by atoms with van der Waals surface area (Å²) in [5.74, 6) is 0.156. The second-order valence-corrected chi connectivity index (χ2v) is 6.22. The minimum absolute atomic E-state index is 0. The van der Waals surface area contributed by atoms with Crippen LogP contribution in [0.5, 0.6) is 0 Å². The van der Waals surface area contributed by atoms with Crippen LogP contribution >= 0.6 is 12.4 Å². The number of nitrogens with one attached hydrogen (secondary N) is 1. The third-order valence-corrected chi connectivity index (χ3v) is 4.60. The van der Waals surface area contributed by atoms with E-state index in [9.17, 15) is 4.79 Å². The molecule has 136 valence electrons. The van der Waals surface area contributed by atoms with Crippen molar-refractivity contribution in [3.63, 3.8) is 0 Å². The molecule has 1 aromatic heterocycles. The molecule has 1 amide bonds. The van der Waals surface area contributed by atoms with E-state index in [2.05, 4.69) is 10.4 Å². The monoisotopic (exact) mass is 364 g/mol. The first kappa shape index (κ1) is 19.4. The first-order valence-corrected chi connectivity index (χ1v) is 8.32. The number of aryl methyl sites for hydroxylation is 1. The maximum Gasteiger partial charge on any atom is 0.228 e. The first-order chi connectivity index (χ1) is 11.6. The quantitative estimate of drug-likeness (QED) is 0.820. The van der Waals surface area contributed by atoms with E-state index in [1.54, 1.807) is 0 Å². The molecule has 25 heavy (non-hydrogen) atoms. The number of anilines is 1. The Kier molecular flexibility index (Phi) is 6.58. The summed E-state index contributed by atoms with van der Waals surface area (Å²) in [5.41, 5.74) is 4.14. The number of para-hydroxylation sites is 1. The van der Waals surface area contributed by atoms with Crippen LogP contribution in [-0.2, 0) is 17.9 Å². The van der Waals surface area contributed by atoms with Crippen LogP contribution in [0.2, 0.25) is 0 Å². The topological polar surface area (TPSA) is 70.4 Å². The van der Waals surface area contributed by atoms with Gasteiger partial charge in [-0.1, -0.05) is 18.2 Å². The summed E-state index contributed by atoms with van der Waals surface area (Å²) in [6, 6.07) is 9.92. The minimum atomic E-state index is 0. The zero-order chi connectivity index (χ0) is 17.1. The van der Waals surface area contributed by atoms with Crippen molar-refractivity contribution in [1.82, 2.24) is 15.1 Å². The summed E-state index contributed by atoms with van der Waals surface area (Å²) in [7, 11) is 0. The first-order valence-electron chi connectivity index (χ1n) is 8.32. The maximum atomic E-state index is 12.3.